The van der Waals surface area contributed by atoms with Crippen molar-refractivity contribution in [1.82, 2.24) is 19.7 Å². The van der Waals surface area contributed by atoms with Gasteiger partial charge in [0, 0.05) is 7.05 Å². The lowest BCUT2D eigenvalue weighted by atomic mass is 10.3. The predicted molar refractivity (Wildman–Crippen MR) is 65.9 cm³/mol. The van der Waals surface area contributed by atoms with E-state index in [4.69, 9.17) is 16.3 Å². The molecular formula is C11H15ClN4O. The molecular weight excluding hydrogens is 240 g/mol. The minimum absolute atomic E-state index is 0.194. The Labute approximate surface area is 105 Å². The van der Waals surface area contributed by atoms with Crippen LogP contribution in [0.5, 0.6) is 0 Å². The summed E-state index contributed by atoms with van der Waals surface area (Å²) in [6, 6.07) is 0. The van der Waals surface area contributed by atoms with Gasteiger partial charge in [0.25, 0.3) is 0 Å². The molecule has 0 radical (unpaired) electrons. The lowest BCUT2D eigenvalue weighted by molar-refractivity contribution is 0.0469. The second-order valence-electron chi connectivity index (χ2n) is 3.97. The summed E-state index contributed by atoms with van der Waals surface area (Å²) in [5, 5.41) is 5.29. The van der Waals surface area contributed by atoms with E-state index in [1.54, 1.807) is 10.9 Å². The van der Waals surface area contributed by atoms with Gasteiger partial charge in [0.05, 0.1) is 17.7 Å². The van der Waals surface area contributed by atoms with Crippen LogP contribution in [0.25, 0.3) is 11.0 Å². The Balaban J connectivity index is 2.26. The summed E-state index contributed by atoms with van der Waals surface area (Å²) in [4.78, 5) is 8.58. The Morgan fingerprint density at radius 2 is 2.24 bits per heavy atom. The summed E-state index contributed by atoms with van der Waals surface area (Å²) < 4.78 is 7.26. The first-order chi connectivity index (χ1) is 8.11. The van der Waals surface area contributed by atoms with E-state index in [2.05, 4.69) is 22.0 Å². The fourth-order valence-corrected chi connectivity index (χ4v) is 1.66. The van der Waals surface area contributed by atoms with Crippen molar-refractivity contribution in [1.29, 1.82) is 0 Å². The number of aromatic nitrogens is 4. The molecule has 0 aliphatic heterocycles. The third-order valence-corrected chi connectivity index (χ3v) is 2.95. The number of ether oxygens (including phenoxy) is 1. The quantitative estimate of drug-likeness (QED) is 0.786. The highest BCUT2D eigenvalue weighted by Gasteiger charge is 2.10. The van der Waals surface area contributed by atoms with E-state index in [1.165, 1.54) is 0 Å². The molecule has 1 atom stereocenters. The molecule has 0 fully saturated rings. The maximum atomic E-state index is 6.06. The molecule has 0 aliphatic rings. The maximum Gasteiger partial charge on any atom is 0.162 e. The summed E-state index contributed by atoms with van der Waals surface area (Å²) in [6.07, 6.45) is 2.82. The molecule has 0 aromatic carbocycles. The van der Waals surface area contributed by atoms with E-state index in [1.807, 2.05) is 14.0 Å². The van der Waals surface area contributed by atoms with Crippen molar-refractivity contribution in [3.8, 4) is 0 Å². The van der Waals surface area contributed by atoms with Gasteiger partial charge in [0.1, 0.15) is 11.8 Å². The molecule has 0 saturated heterocycles. The summed E-state index contributed by atoms with van der Waals surface area (Å²) in [5.74, 6) is 0.589. The monoisotopic (exact) mass is 254 g/mol. The summed E-state index contributed by atoms with van der Waals surface area (Å²) >= 11 is 6.06. The van der Waals surface area contributed by atoms with Gasteiger partial charge in [0.15, 0.2) is 11.5 Å². The van der Waals surface area contributed by atoms with Crippen LogP contribution in [0.15, 0.2) is 6.20 Å². The molecule has 92 valence electrons. The number of fused-ring (bicyclic) bond motifs is 1. The van der Waals surface area contributed by atoms with E-state index < -0.39 is 0 Å². The number of hydrogen-bond acceptors (Lipinski definition) is 4. The zero-order valence-corrected chi connectivity index (χ0v) is 10.9. The van der Waals surface area contributed by atoms with Crippen molar-refractivity contribution in [2.45, 2.75) is 33.0 Å². The van der Waals surface area contributed by atoms with Gasteiger partial charge in [-0.05, 0) is 13.3 Å². The minimum atomic E-state index is 0.194. The standard InChI is InChI=1S/C11H15ClN4O/c1-4-7(2)17-6-9-14-10(12)8-5-13-16(3)11(8)15-9/h5,7H,4,6H2,1-3H3. The topological polar surface area (TPSA) is 52.8 Å². The van der Waals surface area contributed by atoms with E-state index in [0.29, 0.717) is 17.6 Å². The molecule has 5 nitrogen and oxygen atoms in total. The fourth-order valence-electron chi connectivity index (χ4n) is 1.43. The van der Waals surface area contributed by atoms with Gasteiger partial charge in [-0.3, -0.25) is 4.68 Å². The van der Waals surface area contributed by atoms with E-state index in [0.717, 1.165) is 17.5 Å². The Kier molecular flexibility index (Phi) is 3.59. The van der Waals surface area contributed by atoms with Crippen molar-refractivity contribution >= 4 is 22.6 Å². The molecule has 2 aromatic heterocycles. The zero-order valence-electron chi connectivity index (χ0n) is 10.1. The molecule has 2 heterocycles. The zero-order chi connectivity index (χ0) is 12.4. The molecule has 0 spiro atoms. The first-order valence-corrected chi connectivity index (χ1v) is 5.95. The normalized spacial score (nSPS) is 13.2. The Morgan fingerprint density at radius 1 is 1.47 bits per heavy atom. The van der Waals surface area contributed by atoms with Gasteiger partial charge in [0.2, 0.25) is 0 Å². The Bertz CT molecular complexity index is 525. The van der Waals surface area contributed by atoms with Crippen molar-refractivity contribution in [3.05, 3.63) is 17.2 Å². The number of halogens is 1. The molecule has 2 rings (SSSR count). The van der Waals surface area contributed by atoms with Crippen LogP contribution in [0.1, 0.15) is 26.1 Å². The Morgan fingerprint density at radius 3 is 2.94 bits per heavy atom. The molecule has 0 N–H and O–H groups in total. The molecule has 0 amide bonds. The highest BCUT2D eigenvalue weighted by atomic mass is 35.5. The van der Waals surface area contributed by atoms with Gasteiger partial charge < -0.3 is 4.74 Å². The third kappa shape index (κ3) is 2.56. The predicted octanol–water partition coefficient (Wildman–Crippen LogP) is 2.33. The maximum absolute atomic E-state index is 6.06. The number of rotatable bonds is 4. The molecule has 2 aromatic rings. The van der Waals surface area contributed by atoms with Gasteiger partial charge in [-0.2, -0.15) is 5.10 Å². The fraction of sp³-hybridized carbons (Fsp3) is 0.545. The number of nitrogens with zero attached hydrogens (tertiary/aromatic N) is 4. The van der Waals surface area contributed by atoms with Gasteiger partial charge >= 0.3 is 0 Å². The van der Waals surface area contributed by atoms with Crippen molar-refractivity contribution < 1.29 is 4.74 Å². The van der Waals surface area contributed by atoms with Crippen LogP contribution in [-0.4, -0.2) is 25.9 Å². The summed E-state index contributed by atoms with van der Waals surface area (Å²) in [7, 11) is 1.82. The largest absolute Gasteiger partial charge is 0.371 e. The third-order valence-electron chi connectivity index (χ3n) is 2.66. The van der Waals surface area contributed by atoms with Crippen LogP contribution in [0.2, 0.25) is 5.15 Å². The lowest BCUT2D eigenvalue weighted by Gasteiger charge is -2.09. The van der Waals surface area contributed by atoms with Gasteiger partial charge in [-0.1, -0.05) is 18.5 Å². The molecule has 1 unspecified atom stereocenters. The SMILES string of the molecule is CCC(C)OCc1nc(Cl)c2cnn(C)c2n1. The second-order valence-corrected chi connectivity index (χ2v) is 4.32. The van der Waals surface area contributed by atoms with Crippen LogP contribution in [-0.2, 0) is 18.4 Å². The summed E-state index contributed by atoms with van der Waals surface area (Å²) in [6.45, 7) is 4.46. The lowest BCUT2D eigenvalue weighted by Crippen LogP contribution is -2.09. The van der Waals surface area contributed by atoms with Crippen LogP contribution >= 0.6 is 11.6 Å². The molecule has 17 heavy (non-hydrogen) atoms. The van der Waals surface area contributed by atoms with E-state index in [9.17, 15) is 0 Å². The Hall–Kier alpha value is -1.20. The van der Waals surface area contributed by atoms with Crippen molar-refractivity contribution in [2.75, 3.05) is 0 Å². The highest BCUT2D eigenvalue weighted by Crippen LogP contribution is 2.19. The van der Waals surface area contributed by atoms with Crippen LogP contribution in [0.3, 0.4) is 0 Å². The number of aryl methyl sites for hydroxylation is 1. The molecule has 6 heteroatoms. The summed E-state index contributed by atoms with van der Waals surface area (Å²) in [5.41, 5.74) is 0.729. The van der Waals surface area contributed by atoms with Gasteiger partial charge in [-0.25, -0.2) is 9.97 Å². The minimum Gasteiger partial charge on any atom is -0.371 e. The van der Waals surface area contributed by atoms with Crippen molar-refractivity contribution in [2.24, 2.45) is 7.05 Å². The van der Waals surface area contributed by atoms with Crippen LogP contribution in [0.4, 0.5) is 0 Å². The first-order valence-electron chi connectivity index (χ1n) is 5.57. The van der Waals surface area contributed by atoms with E-state index in [-0.39, 0.29) is 6.10 Å². The van der Waals surface area contributed by atoms with E-state index >= 15 is 0 Å². The first kappa shape index (κ1) is 12.3. The van der Waals surface area contributed by atoms with Crippen LogP contribution < -0.4 is 0 Å². The molecule has 0 bridgehead atoms. The second kappa shape index (κ2) is 4.98. The average molecular weight is 255 g/mol. The molecule has 0 aliphatic carbocycles. The average Bonchev–Trinajstić information content (AvgIpc) is 2.69. The highest BCUT2D eigenvalue weighted by molar-refractivity contribution is 6.33. The number of hydrogen-bond donors (Lipinski definition) is 0. The van der Waals surface area contributed by atoms with Gasteiger partial charge in [-0.15, -0.1) is 0 Å². The van der Waals surface area contributed by atoms with Crippen molar-refractivity contribution in [3.63, 3.8) is 0 Å². The van der Waals surface area contributed by atoms with Crippen LogP contribution in [0, 0.1) is 0 Å². The smallest absolute Gasteiger partial charge is 0.162 e. The molecule has 0 saturated carbocycles.